The van der Waals surface area contributed by atoms with Crippen molar-refractivity contribution in [1.82, 2.24) is 0 Å². The molecule has 1 aromatic carbocycles. The highest BCUT2D eigenvalue weighted by atomic mass is 16.5. The Morgan fingerprint density at radius 1 is 1.42 bits per heavy atom. The van der Waals surface area contributed by atoms with Crippen LogP contribution in [0.5, 0.6) is 17.2 Å². The molecular formula is C15H17O4. The van der Waals surface area contributed by atoms with Crippen molar-refractivity contribution in [1.29, 1.82) is 0 Å². The Morgan fingerprint density at radius 3 is 2.53 bits per heavy atom. The van der Waals surface area contributed by atoms with Gasteiger partial charge in [0.15, 0.2) is 5.78 Å². The van der Waals surface area contributed by atoms with Crippen LogP contribution in [0.2, 0.25) is 0 Å². The van der Waals surface area contributed by atoms with Crippen LogP contribution >= 0.6 is 0 Å². The third kappa shape index (κ3) is 3.16. The van der Waals surface area contributed by atoms with Gasteiger partial charge in [0.25, 0.3) is 0 Å². The van der Waals surface area contributed by atoms with E-state index < -0.39 is 5.78 Å². The van der Waals surface area contributed by atoms with Crippen molar-refractivity contribution in [3.8, 4) is 17.2 Å². The Bertz CT molecular complexity index is 538. The highest BCUT2D eigenvalue weighted by Crippen LogP contribution is 2.38. The summed E-state index contributed by atoms with van der Waals surface area (Å²) in [7, 11) is 1.34. The van der Waals surface area contributed by atoms with Gasteiger partial charge < -0.3 is 14.9 Å². The smallest absolute Gasteiger partial charge is 0.193 e. The summed E-state index contributed by atoms with van der Waals surface area (Å²) in [6.45, 7) is 8.99. The monoisotopic (exact) mass is 261 g/mol. The molecule has 4 nitrogen and oxygen atoms in total. The largest absolute Gasteiger partial charge is 0.507 e. The van der Waals surface area contributed by atoms with Gasteiger partial charge in [0.05, 0.1) is 7.11 Å². The van der Waals surface area contributed by atoms with Gasteiger partial charge in [-0.25, -0.2) is 0 Å². The van der Waals surface area contributed by atoms with Crippen LogP contribution in [0.25, 0.3) is 0 Å². The van der Waals surface area contributed by atoms with Crippen LogP contribution in [0.3, 0.4) is 0 Å². The van der Waals surface area contributed by atoms with E-state index in [1.165, 1.54) is 13.2 Å². The van der Waals surface area contributed by atoms with Crippen LogP contribution in [0.4, 0.5) is 0 Å². The molecule has 0 bridgehead atoms. The number of ether oxygens (including phenoxy) is 1. The van der Waals surface area contributed by atoms with Gasteiger partial charge in [0, 0.05) is 11.6 Å². The van der Waals surface area contributed by atoms with Gasteiger partial charge in [0.1, 0.15) is 22.8 Å². The number of hydrogen-bond donors (Lipinski definition) is 2. The van der Waals surface area contributed by atoms with Gasteiger partial charge in [0.2, 0.25) is 0 Å². The standard InChI is InChI=1S/C15H17O4/c1-5-11(16)14-13(19-4)8-12(17)10(15(14)18)7-6-9(2)3/h1,5-6,8,17-18H,7H2,2-4H3. The van der Waals surface area contributed by atoms with E-state index in [-0.39, 0.29) is 28.4 Å². The Balaban J connectivity index is 3.45. The second-order valence-corrected chi connectivity index (χ2v) is 4.32. The summed E-state index contributed by atoms with van der Waals surface area (Å²) in [5.41, 5.74) is 1.26. The number of aromatic hydroxyl groups is 2. The predicted molar refractivity (Wildman–Crippen MR) is 72.7 cm³/mol. The number of phenolic OH excluding ortho intramolecular Hbond substituents is 2. The fourth-order valence-corrected chi connectivity index (χ4v) is 1.66. The van der Waals surface area contributed by atoms with Gasteiger partial charge in [-0.3, -0.25) is 4.79 Å². The van der Waals surface area contributed by atoms with Crippen LogP contribution < -0.4 is 4.74 Å². The molecule has 0 fully saturated rings. The molecule has 0 aromatic heterocycles. The van der Waals surface area contributed by atoms with Crippen LogP contribution in [0.15, 0.2) is 23.8 Å². The summed E-state index contributed by atoms with van der Waals surface area (Å²) in [5, 5.41) is 20.0. The zero-order valence-electron chi connectivity index (χ0n) is 11.2. The zero-order valence-corrected chi connectivity index (χ0v) is 11.2. The highest BCUT2D eigenvalue weighted by molar-refractivity contribution is 6.08. The minimum Gasteiger partial charge on any atom is -0.507 e. The van der Waals surface area contributed by atoms with Crippen molar-refractivity contribution >= 4 is 5.78 Å². The third-order valence-electron chi connectivity index (χ3n) is 2.68. The maximum absolute atomic E-state index is 11.7. The fourth-order valence-electron chi connectivity index (χ4n) is 1.66. The molecule has 0 aliphatic carbocycles. The molecule has 4 heteroatoms. The Kier molecular flexibility index (Phi) is 4.75. The average Bonchev–Trinajstić information content (AvgIpc) is 2.36. The second kappa shape index (κ2) is 6.09. The lowest BCUT2D eigenvalue weighted by Gasteiger charge is -2.13. The SMILES string of the molecule is [CH]=CC(=O)c1c(OC)cc(O)c(CC=C(C)C)c1O. The van der Waals surface area contributed by atoms with Gasteiger partial charge in [-0.05, 0) is 26.3 Å². The topological polar surface area (TPSA) is 66.8 Å². The Labute approximate surface area is 112 Å². The molecule has 0 atom stereocenters. The molecule has 1 aromatic rings. The number of carbonyl (C=O) groups is 1. The number of hydrogen-bond acceptors (Lipinski definition) is 4. The molecular weight excluding hydrogens is 244 g/mol. The summed E-state index contributed by atoms with van der Waals surface area (Å²) in [6, 6.07) is 1.30. The van der Waals surface area contributed by atoms with E-state index in [2.05, 4.69) is 0 Å². The van der Waals surface area contributed by atoms with Crippen molar-refractivity contribution < 1.29 is 19.7 Å². The number of methoxy groups -OCH3 is 1. The van der Waals surface area contributed by atoms with Crippen molar-refractivity contribution in [3.63, 3.8) is 0 Å². The van der Waals surface area contributed by atoms with Crippen LogP contribution in [-0.2, 0) is 6.42 Å². The third-order valence-corrected chi connectivity index (χ3v) is 2.68. The first-order chi connectivity index (χ1) is 8.92. The molecule has 0 aliphatic heterocycles. The molecule has 19 heavy (non-hydrogen) atoms. The average molecular weight is 261 g/mol. The summed E-state index contributed by atoms with van der Waals surface area (Å²) >= 11 is 0. The van der Waals surface area contributed by atoms with E-state index in [4.69, 9.17) is 11.3 Å². The number of rotatable bonds is 5. The molecule has 1 radical (unpaired) electrons. The van der Waals surface area contributed by atoms with Crippen molar-refractivity contribution in [2.75, 3.05) is 7.11 Å². The Morgan fingerprint density at radius 2 is 2.05 bits per heavy atom. The van der Waals surface area contributed by atoms with Gasteiger partial charge in [-0.15, -0.1) is 0 Å². The quantitative estimate of drug-likeness (QED) is 0.486. The predicted octanol–water partition coefficient (Wildman–Crippen LogP) is 2.79. The lowest BCUT2D eigenvalue weighted by Crippen LogP contribution is -2.02. The molecule has 1 rings (SSSR count). The van der Waals surface area contributed by atoms with E-state index in [1.54, 1.807) is 0 Å². The Hall–Kier alpha value is -2.23. The molecule has 0 saturated carbocycles. The summed E-state index contributed by atoms with van der Waals surface area (Å²) in [6.07, 6.45) is 3.00. The maximum atomic E-state index is 11.7. The van der Waals surface area contributed by atoms with E-state index in [0.717, 1.165) is 11.6 Å². The number of allylic oxidation sites excluding steroid dienone is 3. The van der Waals surface area contributed by atoms with Crippen LogP contribution in [0, 0.1) is 6.58 Å². The van der Waals surface area contributed by atoms with Crippen molar-refractivity contribution in [2.24, 2.45) is 0 Å². The molecule has 0 heterocycles. The minimum absolute atomic E-state index is 0.0417. The first kappa shape index (κ1) is 14.8. The molecule has 0 saturated heterocycles. The summed E-state index contributed by atoms with van der Waals surface area (Å²) in [5.74, 6) is -0.906. The number of benzene rings is 1. The fraction of sp³-hybridized carbons (Fsp3) is 0.267. The number of ketones is 1. The zero-order chi connectivity index (χ0) is 14.6. The van der Waals surface area contributed by atoms with Gasteiger partial charge in [-0.1, -0.05) is 18.2 Å². The summed E-state index contributed by atoms with van der Waals surface area (Å²) < 4.78 is 4.98. The lowest BCUT2D eigenvalue weighted by atomic mass is 10.00. The molecule has 0 spiro atoms. The molecule has 0 unspecified atom stereocenters. The lowest BCUT2D eigenvalue weighted by molar-refractivity contribution is 0.104. The van der Waals surface area contributed by atoms with Crippen molar-refractivity contribution in [2.45, 2.75) is 20.3 Å². The van der Waals surface area contributed by atoms with Crippen molar-refractivity contribution in [3.05, 3.63) is 41.5 Å². The van der Waals surface area contributed by atoms with Gasteiger partial charge in [-0.2, -0.15) is 0 Å². The second-order valence-electron chi connectivity index (χ2n) is 4.32. The maximum Gasteiger partial charge on any atom is 0.193 e. The summed E-state index contributed by atoms with van der Waals surface area (Å²) in [4.78, 5) is 11.7. The molecule has 2 N–H and O–H groups in total. The van der Waals surface area contributed by atoms with E-state index in [0.29, 0.717) is 6.42 Å². The van der Waals surface area contributed by atoms with E-state index >= 15 is 0 Å². The van der Waals surface area contributed by atoms with Crippen LogP contribution in [0.1, 0.15) is 29.8 Å². The highest BCUT2D eigenvalue weighted by Gasteiger charge is 2.21. The van der Waals surface area contributed by atoms with Crippen LogP contribution in [-0.4, -0.2) is 23.1 Å². The number of phenols is 2. The first-order valence-electron chi connectivity index (χ1n) is 5.76. The van der Waals surface area contributed by atoms with E-state index in [1.807, 2.05) is 19.9 Å². The van der Waals surface area contributed by atoms with E-state index in [9.17, 15) is 15.0 Å². The van der Waals surface area contributed by atoms with Gasteiger partial charge >= 0.3 is 0 Å². The first-order valence-corrected chi connectivity index (χ1v) is 5.76. The molecule has 101 valence electrons. The normalized spacial score (nSPS) is 9.84. The number of carbonyl (C=O) groups excluding carboxylic acids is 1. The minimum atomic E-state index is -0.562. The molecule has 0 aliphatic rings. The molecule has 0 amide bonds.